The topological polar surface area (TPSA) is 6.48 Å². The Morgan fingerprint density at radius 2 is 0.537 bits per heavy atom. The Morgan fingerprint density at radius 3 is 0.912 bits per heavy atom. The van der Waals surface area contributed by atoms with Crippen molar-refractivity contribution in [1.82, 2.24) is 0 Å². The molecule has 2 nitrogen and oxygen atoms in total. The van der Waals surface area contributed by atoms with Crippen LogP contribution in [0.15, 0.2) is 291 Å². The van der Waals surface area contributed by atoms with Gasteiger partial charge in [-0.3, -0.25) is 0 Å². The molecule has 0 saturated carbocycles. The quantitative estimate of drug-likeness (QED) is 0.127. The molecular formula is C78H56N2. The first-order valence-corrected chi connectivity index (χ1v) is 28.4. The second-order valence-corrected chi connectivity index (χ2v) is 22.2. The van der Waals surface area contributed by atoms with Crippen LogP contribution in [-0.4, -0.2) is 0 Å². The summed E-state index contributed by atoms with van der Waals surface area (Å²) in [5.41, 5.74) is 29.6. The number of benzene rings is 12. The molecule has 12 aromatic carbocycles. The first kappa shape index (κ1) is 46.3. The zero-order valence-electron chi connectivity index (χ0n) is 44.4. The van der Waals surface area contributed by atoms with Crippen LogP contribution in [0.3, 0.4) is 0 Å². The minimum absolute atomic E-state index is 0.482. The van der Waals surface area contributed by atoms with Crippen molar-refractivity contribution in [1.29, 1.82) is 0 Å². The zero-order valence-corrected chi connectivity index (χ0v) is 44.4. The maximum Gasteiger partial charge on any atom is 0.0714 e. The molecule has 12 aromatic rings. The van der Waals surface area contributed by atoms with Gasteiger partial charge in [0.05, 0.1) is 10.8 Å². The molecule has 0 aromatic heterocycles. The van der Waals surface area contributed by atoms with Crippen LogP contribution in [0.25, 0.3) is 33.4 Å². The Kier molecular flexibility index (Phi) is 10.7. The highest BCUT2D eigenvalue weighted by molar-refractivity contribution is 5.92. The van der Waals surface area contributed by atoms with E-state index in [2.05, 4.69) is 301 Å². The lowest BCUT2D eigenvalue weighted by molar-refractivity contribution is 0.752. The molecule has 2 heteroatoms. The maximum absolute atomic E-state index is 2.50. The largest absolute Gasteiger partial charge is 0.310 e. The molecule has 0 radical (unpaired) electrons. The molecule has 2 atom stereocenters. The average molecular weight is 1020 g/mol. The number of aryl methyl sites for hydroxylation is 4. The minimum Gasteiger partial charge on any atom is -0.310 e. The SMILES string of the molecule is c1ccc(N(c2ccc(-c3ccc(N(c4ccccc4)c4ccc5c(c4)C(c4ccccc4)(c4ccc6c(c4)CC6)c4ccccc4-5)cc3)cc2)c2ccc3c(c2)C(c2ccccc2)(c2ccc4c(c2)CC4)c2ccccc2-3)cc1. The van der Waals surface area contributed by atoms with Crippen molar-refractivity contribution < 1.29 is 0 Å². The molecule has 4 aliphatic carbocycles. The third-order valence-corrected chi connectivity index (χ3v) is 18.2. The van der Waals surface area contributed by atoms with Crippen LogP contribution in [-0.2, 0) is 36.5 Å². The lowest BCUT2D eigenvalue weighted by Crippen LogP contribution is -2.29. The summed E-state index contributed by atoms with van der Waals surface area (Å²) in [5.74, 6) is 0. The van der Waals surface area contributed by atoms with E-state index in [0.717, 1.165) is 70.9 Å². The number of rotatable bonds is 11. The predicted octanol–water partition coefficient (Wildman–Crippen LogP) is 19.2. The van der Waals surface area contributed by atoms with Crippen LogP contribution in [0.2, 0.25) is 0 Å². The normalized spacial score (nSPS) is 16.6. The van der Waals surface area contributed by atoms with Crippen molar-refractivity contribution in [2.45, 2.75) is 36.5 Å². The van der Waals surface area contributed by atoms with E-state index in [9.17, 15) is 0 Å². The molecule has 0 saturated heterocycles. The van der Waals surface area contributed by atoms with E-state index in [1.807, 2.05) is 0 Å². The Bertz CT molecular complexity index is 4060. The summed E-state index contributed by atoms with van der Waals surface area (Å²) < 4.78 is 0. The van der Waals surface area contributed by atoms with Gasteiger partial charge in [-0.05, 0) is 199 Å². The molecule has 0 N–H and O–H groups in total. The van der Waals surface area contributed by atoms with E-state index in [0.29, 0.717) is 0 Å². The van der Waals surface area contributed by atoms with Crippen molar-refractivity contribution in [2.24, 2.45) is 0 Å². The maximum atomic E-state index is 2.50. The molecule has 4 aliphatic rings. The van der Waals surface area contributed by atoms with Gasteiger partial charge in [0.1, 0.15) is 0 Å². The molecule has 2 unspecified atom stereocenters. The van der Waals surface area contributed by atoms with Crippen LogP contribution in [0, 0.1) is 0 Å². The molecule has 0 fully saturated rings. The fourth-order valence-corrected chi connectivity index (χ4v) is 14.3. The second kappa shape index (κ2) is 18.4. The number of fused-ring (bicyclic) bond motifs is 8. The smallest absolute Gasteiger partial charge is 0.0714 e. The molecule has 0 aliphatic heterocycles. The van der Waals surface area contributed by atoms with Crippen molar-refractivity contribution in [3.8, 4) is 33.4 Å². The Morgan fingerprint density at radius 1 is 0.212 bits per heavy atom. The first-order chi connectivity index (χ1) is 39.6. The lowest BCUT2D eigenvalue weighted by Gasteiger charge is -2.36. The summed E-state index contributed by atoms with van der Waals surface area (Å²) >= 11 is 0. The number of hydrogen-bond acceptors (Lipinski definition) is 2. The summed E-state index contributed by atoms with van der Waals surface area (Å²) in [4.78, 5) is 4.84. The Labute approximate surface area is 469 Å². The fourth-order valence-electron chi connectivity index (χ4n) is 14.3. The molecular weight excluding hydrogens is 965 g/mol. The van der Waals surface area contributed by atoms with Gasteiger partial charge in [-0.2, -0.15) is 0 Å². The molecule has 80 heavy (non-hydrogen) atoms. The number of nitrogens with zero attached hydrogens (tertiary/aromatic N) is 2. The average Bonchev–Trinajstić information content (AvgIpc) is 4.01. The number of para-hydroxylation sites is 2. The van der Waals surface area contributed by atoms with Gasteiger partial charge in [0.25, 0.3) is 0 Å². The molecule has 0 spiro atoms. The number of anilines is 6. The monoisotopic (exact) mass is 1020 g/mol. The predicted molar refractivity (Wildman–Crippen MR) is 331 cm³/mol. The Balaban J connectivity index is 0.780. The molecule has 0 bridgehead atoms. The van der Waals surface area contributed by atoms with Gasteiger partial charge in [-0.15, -0.1) is 0 Å². The van der Waals surface area contributed by atoms with Crippen LogP contribution < -0.4 is 9.80 Å². The zero-order chi connectivity index (χ0) is 52.8. The molecule has 378 valence electrons. The fraction of sp³-hybridized carbons (Fsp3) is 0.0769. The third kappa shape index (κ3) is 6.98. The van der Waals surface area contributed by atoms with Crippen molar-refractivity contribution in [3.05, 3.63) is 358 Å². The van der Waals surface area contributed by atoms with Crippen LogP contribution in [0.5, 0.6) is 0 Å². The van der Waals surface area contributed by atoms with Gasteiger partial charge in [-0.25, -0.2) is 0 Å². The summed E-state index contributed by atoms with van der Waals surface area (Å²) in [6.07, 6.45) is 4.59. The highest BCUT2D eigenvalue weighted by atomic mass is 15.1. The van der Waals surface area contributed by atoms with Crippen LogP contribution in [0.4, 0.5) is 34.1 Å². The highest BCUT2D eigenvalue weighted by Crippen LogP contribution is 2.60. The van der Waals surface area contributed by atoms with Gasteiger partial charge in [0.2, 0.25) is 0 Å². The second-order valence-electron chi connectivity index (χ2n) is 22.2. The minimum atomic E-state index is -0.482. The summed E-state index contributed by atoms with van der Waals surface area (Å²) in [7, 11) is 0. The highest BCUT2D eigenvalue weighted by Gasteiger charge is 2.48. The molecule has 0 heterocycles. The first-order valence-electron chi connectivity index (χ1n) is 28.4. The van der Waals surface area contributed by atoms with Crippen LogP contribution in [0.1, 0.15) is 66.8 Å². The van der Waals surface area contributed by atoms with E-state index in [1.54, 1.807) is 0 Å². The number of hydrogen-bond donors (Lipinski definition) is 0. The third-order valence-electron chi connectivity index (χ3n) is 18.2. The van der Waals surface area contributed by atoms with Gasteiger partial charge in [0.15, 0.2) is 0 Å². The van der Waals surface area contributed by atoms with Gasteiger partial charge in [-0.1, -0.05) is 218 Å². The van der Waals surface area contributed by atoms with Crippen molar-refractivity contribution in [3.63, 3.8) is 0 Å². The molecule has 16 rings (SSSR count). The van der Waals surface area contributed by atoms with Gasteiger partial charge >= 0.3 is 0 Å². The van der Waals surface area contributed by atoms with Crippen LogP contribution >= 0.6 is 0 Å². The summed E-state index contributed by atoms with van der Waals surface area (Å²) in [6, 6.07) is 109. The van der Waals surface area contributed by atoms with E-state index >= 15 is 0 Å². The van der Waals surface area contributed by atoms with E-state index < -0.39 is 10.8 Å². The van der Waals surface area contributed by atoms with Gasteiger partial charge in [0, 0.05) is 34.1 Å². The standard InChI is InChI=1S/C78H56N2/c1-5-17-59(18-6-1)77(61-39-33-55-29-31-57(55)49-61)73-27-15-13-25-69(73)71-47-45-67(51-75(71)77)79(63-21-9-3-10-22-63)65-41-35-53(36-42-65)54-37-43-66(44-38-54)80(64-23-11-4-12-24-64)68-46-48-72-70-26-14-16-28-74(70)78(76(72)52-68,60-19-7-2-8-20-60)62-40-34-56-30-32-58(56)50-62/h1-28,33-52H,29-32H2. The molecule has 0 amide bonds. The summed E-state index contributed by atoms with van der Waals surface area (Å²) in [6.45, 7) is 0. The van der Waals surface area contributed by atoms with E-state index in [1.165, 1.54) is 89.0 Å². The van der Waals surface area contributed by atoms with Crippen molar-refractivity contribution in [2.75, 3.05) is 9.80 Å². The lowest BCUT2D eigenvalue weighted by atomic mass is 9.66. The summed E-state index contributed by atoms with van der Waals surface area (Å²) in [5, 5.41) is 0. The van der Waals surface area contributed by atoms with Gasteiger partial charge < -0.3 is 9.80 Å². The van der Waals surface area contributed by atoms with E-state index in [4.69, 9.17) is 0 Å². The van der Waals surface area contributed by atoms with Crippen molar-refractivity contribution >= 4 is 34.1 Å². The van der Waals surface area contributed by atoms with E-state index in [-0.39, 0.29) is 0 Å². The Hall–Kier alpha value is -9.76.